The monoisotopic (exact) mass is 299 g/mol. The predicted molar refractivity (Wildman–Crippen MR) is 81.4 cm³/mol. The number of hydrogen-bond acceptors (Lipinski definition) is 6. The van der Waals surface area contributed by atoms with Crippen molar-refractivity contribution >= 4 is 12.6 Å². The molecular weight excluding hydrogens is 286 g/mol. The summed E-state index contributed by atoms with van der Waals surface area (Å²) in [4.78, 5) is 4.06. The van der Waals surface area contributed by atoms with E-state index in [2.05, 4.69) is 27.8 Å². The van der Waals surface area contributed by atoms with Crippen LogP contribution in [0.25, 0.3) is 11.5 Å². The van der Waals surface area contributed by atoms with E-state index in [-0.39, 0.29) is 5.25 Å². The first-order chi connectivity index (χ1) is 10.3. The van der Waals surface area contributed by atoms with Crippen molar-refractivity contribution in [2.75, 3.05) is 7.11 Å². The van der Waals surface area contributed by atoms with E-state index in [0.717, 1.165) is 16.9 Å². The fourth-order valence-corrected chi connectivity index (χ4v) is 2.13. The standard InChI is InChI=1S/C15H13N3O2S/c1-19-12-6-4-10(5-7-12)14-17-18-15(20-14)13(21)11-3-2-8-16-9-11/h2-9,13,21H,1H3. The van der Waals surface area contributed by atoms with Crippen molar-refractivity contribution in [1.82, 2.24) is 15.2 Å². The lowest BCUT2D eigenvalue weighted by Gasteiger charge is -2.04. The maximum atomic E-state index is 5.69. The van der Waals surface area contributed by atoms with Gasteiger partial charge in [0.25, 0.3) is 0 Å². The van der Waals surface area contributed by atoms with Crippen LogP contribution in [-0.4, -0.2) is 22.3 Å². The van der Waals surface area contributed by atoms with Gasteiger partial charge in [-0.1, -0.05) is 6.07 Å². The third-order valence-corrected chi connectivity index (χ3v) is 3.53. The molecule has 0 aliphatic carbocycles. The second-order valence-corrected chi connectivity index (χ2v) is 4.88. The number of methoxy groups -OCH3 is 1. The first kappa shape index (κ1) is 13.6. The Labute approximate surface area is 127 Å². The molecule has 0 radical (unpaired) electrons. The summed E-state index contributed by atoms with van der Waals surface area (Å²) in [7, 11) is 1.62. The zero-order chi connectivity index (χ0) is 14.7. The molecule has 21 heavy (non-hydrogen) atoms. The van der Waals surface area contributed by atoms with Crippen LogP contribution in [0.1, 0.15) is 16.7 Å². The van der Waals surface area contributed by atoms with E-state index in [4.69, 9.17) is 9.15 Å². The third-order valence-electron chi connectivity index (χ3n) is 3.01. The number of benzene rings is 1. The van der Waals surface area contributed by atoms with Gasteiger partial charge in [0.2, 0.25) is 11.8 Å². The summed E-state index contributed by atoms with van der Waals surface area (Å²) in [5, 5.41) is 7.83. The predicted octanol–water partition coefficient (Wildman–Crippen LogP) is 3.16. The molecule has 0 saturated carbocycles. The van der Waals surface area contributed by atoms with Crippen molar-refractivity contribution in [2.24, 2.45) is 0 Å². The number of ether oxygens (including phenoxy) is 1. The normalized spacial score (nSPS) is 12.1. The fourth-order valence-electron chi connectivity index (χ4n) is 1.88. The number of nitrogens with zero attached hydrogens (tertiary/aromatic N) is 3. The summed E-state index contributed by atoms with van der Waals surface area (Å²) >= 11 is 4.51. The van der Waals surface area contributed by atoms with E-state index in [1.54, 1.807) is 19.5 Å². The molecule has 0 spiro atoms. The van der Waals surface area contributed by atoms with Crippen LogP contribution in [-0.2, 0) is 0 Å². The van der Waals surface area contributed by atoms with Crippen molar-refractivity contribution < 1.29 is 9.15 Å². The molecule has 2 aromatic heterocycles. The topological polar surface area (TPSA) is 61.0 Å². The Morgan fingerprint density at radius 2 is 1.95 bits per heavy atom. The van der Waals surface area contributed by atoms with Gasteiger partial charge in [0.1, 0.15) is 11.0 Å². The highest BCUT2D eigenvalue weighted by Crippen LogP contribution is 2.29. The van der Waals surface area contributed by atoms with Gasteiger partial charge >= 0.3 is 0 Å². The van der Waals surface area contributed by atoms with Gasteiger partial charge in [-0.05, 0) is 35.9 Å². The molecule has 0 saturated heterocycles. The summed E-state index contributed by atoms with van der Waals surface area (Å²) in [6.45, 7) is 0. The zero-order valence-electron chi connectivity index (χ0n) is 11.3. The van der Waals surface area contributed by atoms with Crippen LogP contribution in [0.5, 0.6) is 5.75 Å². The van der Waals surface area contributed by atoms with Gasteiger partial charge in [0.15, 0.2) is 0 Å². The molecule has 3 aromatic rings. The van der Waals surface area contributed by atoms with Gasteiger partial charge in [-0.2, -0.15) is 12.6 Å². The van der Waals surface area contributed by atoms with Gasteiger partial charge in [0, 0.05) is 18.0 Å². The minimum absolute atomic E-state index is 0.293. The minimum Gasteiger partial charge on any atom is -0.497 e. The van der Waals surface area contributed by atoms with Gasteiger partial charge in [-0.3, -0.25) is 4.98 Å². The third kappa shape index (κ3) is 2.90. The average molecular weight is 299 g/mol. The molecule has 0 bridgehead atoms. The molecule has 1 atom stereocenters. The van der Waals surface area contributed by atoms with Crippen LogP contribution in [0.2, 0.25) is 0 Å². The lowest BCUT2D eigenvalue weighted by Crippen LogP contribution is -1.94. The van der Waals surface area contributed by atoms with Crippen molar-refractivity contribution in [3.05, 3.63) is 60.2 Å². The van der Waals surface area contributed by atoms with Crippen LogP contribution in [0.15, 0.2) is 53.2 Å². The SMILES string of the molecule is COc1ccc(-c2nnc(C(S)c3cccnc3)o2)cc1. The number of thiol groups is 1. The van der Waals surface area contributed by atoms with E-state index in [0.29, 0.717) is 11.8 Å². The Balaban J connectivity index is 1.85. The molecule has 3 rings (SSSR count). The lowest BCUT2D eigenvalue weighted by atomic mass is 10.2. The van der Waals surface area contributed by atoms with Gasteiger partial charge in [-0.15, -0.1) is 10.2 Å². The number of aromatic nitrogens is 3. The fraction of sp³-hybridized carbons (Fsp3) is 0.133. The highest BCUT2D eigenvalue weighted by atomic mass is 32.1. The van der Waals surface area contributed by atoms with Crippen molar-refractivity contribution in [3.63, 3.8) is 0 Å². The molecule has 0 aliphatic heterocycles. The Hall–Kier alpha value is -2.34. The number of rotatable bonds is 4. The van der Waals surface area contributed by atoms with Crippen LogP contribution in [0, 0.1) is 0 Å². The van der Waals surface area contributed by atoms with E-state index in [1.807, 2.05) is 36.4 Å². The van der Waals surface area contributed by atoms with Crippen molar-refractivity contribution in [3.8, 4) is 17.2 Å². The molecule has 1 aromatic carbocycles. The summed E-state index contributed by atoms with van der Waals surface area (Å²) in [6.07, 6.45) is 3.44. The van der Waals surface area contributed by atoms with E-state index < -0.39 is 0 Å². The number of hydrogen-bond donors (Lipinski definition) is 1. The van der Waals surface area contributed by atoms with Crippen molar-refractivity contribution in [1.29, 1.82) is 0 Å². The summed E-state index contributed by atoms with van der Waals surface area (Å²) in [5.74, 6) is 1.67. The van der Waals surface area contributed by atoms with Gasteiger partial charge in [0.05, 0.1) is 7.11 Å². The van der Waals surface area contributed by atoms with Crippen LogP contribution < -0.4 is 4.74 Å². The maximum Gasteiger partial charge on any atom is 0.247 e. The zero-order valence-corrected chi connectivity index (χ0v) is 12.2. The van der Waals surface area contributed by atoms with Crippen LogP contribution >= 0.6 is 12.6 Å². The quantitative estimate of drug-likeness (QED) is 0.750. The number of pyridine rings is 1. The molecule has 1 unspecified atom stereocenters. The van der Waals surface area contributed by atoms with E-state index in [9.17, 15) is 0 Å². The molecule has 106 valence electrons. The molecule has 0 fully saturated rings. The highest BCUT2D eigenvalue weighted by Gasteiger charge is 2.17. The van der Waals surface area contributed by atoms with Crippen LogP contribution in [0.4, 0.5) is 0 Å². The molecule has 0 aliphatic rings. The first-order valence-electron chi connectivity index (χ1n) is 6.34. The first-order valence-corrected chi connectivity index (χ1v) is 6.85. The Morgan fingerprint density at radius 1 is 1.14 bits per heavy atom. The van der Waals surface area contributed by atoms with Gasteiger partial charge in [-0.25, -0.2) is 0 Å². The Bertz CT molecular complexity index is 713. The summed E-state index contributed by atoms with van der Waals surface area (Å²) < 4.78 is 10.8. The highest BCUT2D eigenvalue weighted by molar-refractivity contribution is 7.80. The second kappa shape index (κ2) is 5.97. The lowest BCUT2D eigenvalue weighted by molar-refractivity contribution is 0.415. The smallest absolute Gasteiger partial charge is 0.247 e. The maximum absolute atomic E-state index is 5.69. The second-order valence-electron chi connectivity index (χ2n) is 4.36. The molecular formula is C15H13N3O2S. The molecule has 0 amide bonds. The largest absolute Gasteiger partial charge is 0.497 e. The Morgan fingerprint density at radius 3 is 2.62 bits per heavy atom. The minimum atomic E-state index is -0.293. The summed E-state index contributed by atoms with van der Waals surface area (Å²) in [6, 6.07) is 11.2. The van der Waals surface area contributed by atoms with E-state index in [1.165, 1.54) is 0 Å². The summed E-state index contributed by atoms with van der Waals surface area (Å²) in [5.41, 5.74) is 1.74. The molecule has 0 N–H and O–H groups in total. The van der Waals surface area contributed by atoms with Gasteiger partial charge < -0.3 is 9.15 Å². The van der Waals surface area contributed by atoms with Crippen LogP contribution in [0.3, 0.4) is 0 Å². The van der Waals surface area contributed by atoms with Crippen molar-refractivity contribution in [2.45, 2.75) is 5.25 Å². The molecule has 6 heteroatoms. The molecule has 2 heterocycles. The molecule has 5 nitrogen and oxygen atoms in total. The van der Waals surface area contributed by atoms with E-state index >= 15 is 0 Å². The average Bonchev–Trinajstić information content (AvgIpc) is 3.05. The Kier molecular flexibility index (Phi) is 3.87.